The summed E-state index contributed by atoms with van der Waals surface area (Å²) in [5.74, 6) is -0.725. The first-order valence-electron chi connectivity index (χ1n) is 12.5. The first-order chi connectivity index (χ1) is 18.9. The zero-order valence-corrected chi connectivity index (χ0v) is 22.1. The molecule has 1 amide bonds. The van der Waals surface area contributed by atoms with Crippen LogP contribution in [0, 0.1) is 13.8 Å². The van der Waals surface area contributed by atoms with Crippen LogP contribution in [0.2, 0.25) is 0 Å². The summed E-state index contributed by atoms with van der Waals surface area (Å²) < 4.78 is 43.4. The SMILES string of the molecule is Cc1ccc(NC(=O)c2ccc(N3CCN(C)CC3)c(C(F)(F)F)c2)cc1-n1c(C)c2cnc(N)nc2nc1=O. The highest BCUT2D eigenvalue weighted by Gasteiger charge is 2.36. The molecule has 5 rings (SSSR count). The second-order valence-electron chi connectivity index (χ2n) is 9.76. The Morgan fingerprint density at radius 3 is 2.42 bits per heavy atom. The van der Waals surface area contributed by atoms with Crippen LogP contribution in [0.15, 0.2) is 47.4 Å². The summed E-state index contributed by atoms with van der Waals surface area (Å²) in [4.78, 5) is 41.8. The van der Waals surface area contributed by atoms with Gasteiger partial charge in [0.1, 0.15) is 0 Å². The molecule has 2 aromatic heterocycles. The van der Waals surface area contributed by atoms with E-state index in [4.69, 9.17) is 5.73 Å². The Kier molecular flexibility index (Phi) is 6.92. The molecule has 0 saturated carbocycles. The van der Waals surface area contributed by atoms with Crippen molar-refractivity contribution < 1.29 is 18.0 Å². The van der Waals surface area contributed by atoms with E-state index in [0.29, 0.717) is 54.2 Å². The summed E-state index contributed by atoms with van der Waals surface area (Å²) in [7, 11) is 1.92. The van der Waals surface area contributed by atoms with Crippen LogP contribution in [0.4, 0.5) is 30.5 Å². The van der Waals surface area contributed by atoms with E-state index in [0.717, 1.165) is 6.07 Å². The first kappa shape index (κ1) is 27.1. The predicted molar refractivity (Wildman–Crippen MR) is 146 cm³/mol. The Hall–Kier alpha value is -4.52. The molecule has 0 spiro atoms. The molecule has 1 aliphatic rings. The smallest absolute Gasteiger partial charge is 0.368 e. The minimum atomic E-state index is -4.64. The average molecular weight is 553 g/mol. The van der Waals surface area contributed by atoms with E-state index in [1.54, 1.807) is 36.9 Å². The molecule has 13 heteroatoms. The third-order valence-corrected chi connectivity index (χ3v) is 7.02. The van der Waals surface area contributed by atoms with Crippen molar-refractivity contribution in [2.75, 3.05) is 49.2 Å². The zero-order chi connectivity index (χ0) is 28.8. The fourth-order valence-corrected chi connectivity index (χ4v) is 4.77. The van der Waals surface area contributed by atoms with Crippen LogP contribution in [0.3, 0.4) is 0 Å². The minimum absolute atomic E-state index is 0.0114. The van der Waals surface area contributed by atoms with Gasteiger partial charge in [-0.05, 0) is 56.8 Å². The number of anilines is 3. The van der Waals surface area contributed by atoms with E-state index in [2.05, 4.69) is 25.2 Å². The molecule has 3 N–H and O–H groups in total. The Balaban J connectivity index is 1.47. The second-order valence-corrected chi connectivity index (χ2v) is 9.76. The fourth-order valence-electron chi connectivity index (χ4n) is 4.77. The van der Waals surface area contributed by atoms with Crippen molar-refractivity contribution in [1.82, 2.24) is 24.4 Å². The van der Waals surface area contributed by atoms with Gasteiger partial charge in [0, 0.05) is 55.0 Å². The quantitative estimate of drug-likeness (QED) is 0.395. The molecule has 10 nitrogen and oxygen atoms in total. The van der Waals surface area contributed by atoms with Crippen molar-refractivity contribution in [3.8, 4) is 5.69 Å². The van der Waals surface area contributed by atoms with Crippen molar-refractivity contribution in [2.45, 2.75) is 20.0 Å². The lowest BCUT2D eigenvalue weighted by Gasteiger charge is -2.35. The number of nitrogens with one attached hydrogen (secondary N) is 1. The van der Waals surface area contributed by atoms with E-state index < -0.39 is 23.3 Å². The summed E-state index contributed by atoms with van der Waals surface area (Å²) >= 11 is 0. The number of piperazine rings is 1. The number of fused-ring (bicyclic) bond motifs is 1. The van der Waals surface area contributed by atoms with E-state index in [9.17, 15) is 22.8 Å². The van der Waals surface area contributed by atoms with Gasteiger partial charge in [-0.15, -0.1) is 0 Å². The number of carbonyl (C=O) groups is 1. The van der Waals surface area contributed by atoms with Gasteiger partial charge in [0.15, 0.2) is 5.65 Å². The van der Waals surface area contributed by atoms with Gasteiger partial charge in [-0.3, -0.25) is 9.36 Å². The van der Waals surface area contributed by atoms with Gasteiger partial charge in [-0.1, -0.05) is 6.07 Å². The number of amides is 1. The second kappa shape index (κ2) is 10.2. The van der Waals surface area contributed by atoms with E-state index in [1.165, 1.54) is 22.9 Å². The average Bonchev–Trinajstić information content (AvgIpc) is 2.90. The number of halogens is 3. The van der Waals surface area contributed by atoms with E-state index in [-0.39, 0.29) is 22.8 Å². The zero-order valence-electron chi connectivity index (χ0n) is 22.1. The summed E-state index contributed by atoms with van der Waals surface area (Å²) in [5, 5.41) is 3.18. The summed E-state index contributed by atoms with van der Waals surface area (Å²) in [5.41, 5.74) is 6.18. The summed E-state index contributed by atoms with van der Waals surface area (Å²) in [6, 6.07) is 8.49. The van der Waals surface area contributed by atoms with Gasteiger partial charge in [-0.25, -0.2) is 9.78 Å². The molecule has 2 aromatic carbocycles. The summed E-state index contributed by atoms with van der Waals surface area (Å²) in [6.45, 7) is 5.69. The molecule has 3 heterocycles. The van der Waals surface area contributed by atoms with Crippen molar-refractivity contribution in [1.29, 1.82) is 0 Å². The van der Waals surface area contributed by atoms with Gasteiger partial charge in [0.25, 0.3) is 5.91 Å². The molecule has 40 heavy (non-hydrogen) atoms. The van der Waals surface area contributed by atoms with Gasteiger partial charge in [0.2, 0.25) is 5.95 Å². The lowest BCUT2D eigenvalue weighted by atomic mass is 10.1. The van der Waals surface area contributed by atoms with Crippen molar-refractivity contribution in [2.24, 2.45) is 0 Å². The highest BCUT2D eigenvalue weighted by Crippen LogP contribution is 2.38. The fraction of sp³-hybridized carbons (Fsp3) is 0.296. The van der Waals surface area contributed by atoms with Crippen LogP contribution < -0.4 is 21.6 Å². The maximum atomic E-state index is 14.0. The Labute approximate surface area is 227 Å². The molecule has 0 unspecified atom stereocenters. The first-order valence-corrected chi connectivity index (χ1v) is 12.5. The van der Waals surface area contributed by atoms with Crippen molar-refractivity contribution >= 4 is 34.3 Å². The lowest BCUT2D eigenvalue weighted by Crippen LogP contribution is -2.45. The van der Waals surface area contributed by atoms with E-state index in [1.807, 2.05) is 7.05 Å². The minimum Gasteiger partial charge on any atom is -0.368 e. The molecule has 4 aromatic rings. The third-order valence-electron chi connectivity index (χ3n) is 7.02. The molecular formula is C27H27F3N8O2. The molecule has 0 radical (unpaired) electrons. The van der Waals surface area contributed by atoms with Crippen LogP contribution in [-0.4, -0.2) is 63.6 Å². The Bertz CT molecular complexity index is 1680. The molecular weight excluding hydrogens is 525 g/mol. The number of likely N-dealkylation sites (N-methyl/N-ethyl adjacent to an activating group) is 1. The van der Waals surface area contributed by atoms with Gasteiger partial charge < -0.3 is 20.9 Å². The Morgan fingerprint density at radius 1 is 1.00 bits per heavy atom. The van der Waals surface area contributed by atoms with Crippen LogP contribution in [0.1, 0.15) is 27.2 Å². The monoisotopic (exact) mass is 552 g/mol. The number of nitrogens with two attached hydrogens (primary N) is 1. The molecule has 0 aliphatic carbocycles. The number of aryl methyl sites for hydroxylation is 2. The number of hydrogen-bond donors (Lipinski definition) is 2. The predicted octanol–water partition coefficient (Wildman–Crippen LogP) is 3.40. The molecule has 208 valence electrons. The van der Waals surface area contributed by atoms with Crippen molar-refractivity contribution in [3.05, 3.63) is 75.5 Å². The lowest BCUT2D eigenvalue weighted by molar-refractivity contribution is -0.137. The van der Waals surface area contributed by atoms with E-state index >= 15 is 0 Å². The van der Waals surface area contributed by atoms with Crippen LogP contribution >= 0.6 is 0 Å². The highest BCUT2D eigenvalue weighted by molar-refractivity contribution is 6.05. The molecule has 1 aliphatic heterocycles. The molecule has 1 saturated heterocycles. The van der Waals surface area contributed by atoms with Gasteiger partial charge in [0.05, 0.1) is 16.6 Å². The number of nitrogen functional groups attached to an aromatic ring is 1. The largest absolute Gasteiger partial charge is 0.418 e. The van der Waals surface area contributed by atoms with Crippen LogP contribution in [0.25, 0.3) is 16.7 Å². The number of rotatable bonds is 4. The van der Waals surface area contributed by atoms with Crippen LogP contribution in [-0.2, 0) is 6.18 Å². The number of carbonyl (C=O) groups excluding carboxylic acids is 1. The third kappa shape index (κ3) is 5.19. The number of hydrogen-bond acceptors (Lipinski definition) is 8. The molecule has 0 atom stereocenters. The topological polar surface area (TPSA) is 122 Å². The molecule has 0 bridgehead atoms. The van der Waals surface area contributed by atoms with Gasteiger partial charge >= 0.3 is 11.9 Å². The maximum absolute atomic E-state index is 14.0. The number of benzene rings is 2. The van der Waals surface area contributed by atoms with Crippen LogP contribution in [0.5, 0.6) is 0 Å². The number of nitrogens with zero attached hydrogens (tertiary/aromatic N) is 6. The molecule has 1 fully saturated rings. The number of aromatic nitrogens is 4. The normalized spacial score (nSPS) is 14.5. The van der Waals surface area contributed by atoms with Crippen molar-refractivity contribution in [3.63, 3.8) is 0 Å². The van der Waals surface area contributed by atoms with Gasteiger partial charge in [-0.2, -0.15) is 23.1 Å². The number of alkyl halides is 3. The standard InChI is InChI=1S/C27H27F3N8O2/c1-15-4-6-18(13-22(15)38-16(2)19-14-32-25(31)34-23(19)35-26(38)40)33-24(39)17-5-7-21(20(12-17)27(28,29)30)37-10-8-36(3)9-11-37/h4-7,12-14H,8-11H2,1-3H3,(H,33,39)(H2,31,34,35,40). The maximum Gasteiger partial charge on any atom is 0.418 e. The Morgan fingerprint density at radius 2 is 1.73 bits per heavy atom. The summed E-state index contributed by atoms with van der Waals surface area (Å²) in [6.07, 6.45) is -3.16. The highest BCUT2D eigenvalue weighted by atomic mass is 19.4.